The number of carbonyl (C=O) groups excluding carboxylic acids is 1. The quantitative estimate of drug-likeness (QED) is 0.721. The van der Waals surface area contributed by atoms with Crippen LogP contribution in [0.25, 0.3) is 0 Å². The smallest absolute Gasteiger partial charge is 0.410 e. The van der Waals surface area contributed by atoms with E-state index in [1.807, 2.05) is 32.9 Å². The molecule has 2 rings (SSSR count). The van der Waals surface area contributed by atoms with Gasteiger partial charge in [-0.15, -0.1) is 0 Å². The number of hydrogen-bond acceptors (Lipinski definition) is 3. The number of rotatable bonds is 3. The molecule has 1 aliphatic heterocycles. The van der Waals surface area contributed by atoms with Crippen molar-refractivity contribution in [1.29, 1.82) is 0 Å². The molecule has 0 spiro atoms. The van der Waals surface area contributed by atoms with Crippen molar-refractivity contribution >= 4 is 33.6 Å². The zero-order valence-electron chi connectivity index (χ0n) is 14.8. The van der Waals surface area contributed by atoms with E-state index in [2.05, 4.69) is 33.8 Å². The summed E-state index contributed by atoms with van der Waals surface area (Å²) < 4.78 is 6.51. The number of nitrogens with zero attached hydrogens (tertiary/aromatic N) is 2. The van der Waals surface area contributed by atoms with E-state index in [1.54, 1.807) is 4.90 Å². The first kappa shape index (κ1) is 19.5. The van der Waals surface area contributed by atoms with Crippen LogP contribution in [0.1, 0.15) is 33.3 Å². The molecule has 1 aromatic carbocycles. The summed E-state index contributed by atoms with van der Waals surface area (Å²) in [5.74, 6) is 0. The van der Waals surface area contributed by atoms with Crippen LogP contribution in [-0.2, 0) is 11.2 Å². The lowest BCUT2D eigenvalue weighted by Gasteiger charge is -2.40. The fourth-order valence-corrected chi connectivity index (χ4v) is 3.44. The van der Waals surface area contributed by atoms with E-state index >= 15 is 0 Å². The van der Waals surface area contributed by atoms with Crippen LogP contribution >= 0.6 is 27.5 Å². The Hall–Kier alpha value is -0.780. The number of ether oxygens (including phenoxy) is 1. The lowest BCUT2D eigenvalue weighted by molar-refractivity contribution is 0.00598. The summed E-state index contributed by atoms with van der Waals surface area (Å²) in [7, 11) is 0. The molecular formula is C18H26BrClN2O2. The van der Waals surface area contributed by atoms with Crippen LogP contribution in [0.5, 0.6) is 0 Å². The maximum Gasteiger partial charge on any atom is 0.410 e. The minimum absolute atomic E-state index is 0.218. The van der Waals surface area contributed by atoms with Crippen LogP contribution in [0.15, 0.2) is 22.7 Å². The average molecular weight is 418 g/mol. The molecule has 1 aromatic rings. The monoisotopic (exact) mass is 416 g/mol. The molecule has 6 heteroatoms. The van der Waals surface area contributed by atoms with Gasteiger partial charge >= 0.3 is 6.09 Å². The Balaban J connectivity index is 1.87. The molecule has 0 N–H and O–H groups in total. The fraction of sp³-hybridized carbons (Fsp3) is 0.611. The zero-order chi connectivity index (χ0) is 17.9. The summed E-state index contributed by atoms with van der Waals surface area (Å²) in [5, 5.41) is 0.804. The molecule has 1 aliphatic rings. The summed E-state index contributed by atoms with van der Waals surface area (Å²) in [6.07, 6.45) is 0.679. The Labute approximate surface area is 158 Å². The summed E-state index contributed by atoms with van der Waals surface area (Å²) in [5.41, 5.74) is 0.697. The van der Waals surface area contributed by atoms with Gasteiger partial charge < -0.3 is 9.64 Å². The molecule has 1 saturated heterocycles. The topological polar surface area (TPSA) is 32.8 Å². The van der Waals surface area contributed by atoms with Gasteiger partial charge in [-0.25, -0.2) is 4.79 Å². The van der Waals surface area contributed by atoms with Gasteiger partial charge in [0.2, 0.25) is 0 Å². The molecule has 1 fully saturated rings. The number of carbonyl (C=O) groups is 1. The third kappa shape index (κ3) is 5.64. The average Bonchev–Trinajstić information content (AvgIpc) is 2.47. The van der Waals surface area contributed by atoms with Crippen molar-refractivity contribution in [3.8, 4) is 0 Å². The highest BCUT2D eigenvalue weighted by molar-refractivity contribution is 9.10. The summed E-state index contributed by atoms with van der Waals surface area (Å²) >= 11 is 9.76. The molecule has 0 aromatic heterocycles. The van der Waals surface area contributed by atoms with Gasteiger partial charge in [0, 0.05) is 41.7 Å². The molecule has 134 valence electrons. The van der Waals surface area contributed by atoms with Crippen molar-refractivity contribution < 1.29 is 9.53 Å². The van der Waals surface area contributed by atoms with Gasteiger partial charge in [-0.05, 0) is 57.9 Å². The van der Waals surface area contributed by atoms with E-state index in [0.717, 1.165) is 34.6 Å². The molecule has 1 amide bonds. The molecule has 0 aliphatic carbocycles. The predicted molar refractivity (Wildman–Crippen MR) is 102 cm³/mol. The van der Waals surface area contributed by atoms with Gasteiger partial charge in [-0.3, -0.25) is 4.90 Å². The third-order valence-electron chi connectivity index (χ3n) is 4.09. The first-order chi connectivity index (χ1) is 11.2. The molecule has 0 bridgehead atoms. The van der Waals surface area contributed by atoms with Crippen molar-refractivity contribution in [3.05, 3.63) is 33.3 Å². The first-order valence-electron chi connectivity index (χ1n) is 8.31. The van der Waals surface area contributed by atoms with Crippen molar-refractivity contribution in [2.24, 2.45) is 0 Å². The minimum atomic E-state index is -0.450. The second-order valence-corrected chi connectivity index (χ2v) is 8.62. The van der Waals surface area contributed by atoms with Crippen LogP contribution in [0.4, 0.5) is 4.79 Å². The largest absolute Gasteiger partial charge is 0.444 e. The molecule has 0 unspecified atom stereocenters. The van der Waals surface area contributed by atoms with Gasteiger partial charge in [0.05, 0.1) is 0 Å². The SMILES string of the molecule is C[C@@H]1CN(C(=O)OC(C)(C)C)CCN1CCc1cc(Br)ccc1Cl. The molecule has 4 nitrogen and oxygen atoms in total. The van der Waals surface area contributed by atoms with E-state index in [4.69, 9.17) is 16.3 Å². The van der Waals surface area contributed by atoms with E-state index < -0.39 is 5.60 Å². The van der Waals surface area contributed by atoms with E-state index in [0.29, 0.717) is 19.1 Å². The summed E-state index contributed by atoms with van der Waals surface area (Å²) in [6, 6.07) is 6.25. The highest BCUT2D eigenvalue weighted by Gasteiger charge is 2.29. The summed E-state index contributed by atoms with van der Waals surface area (Å²) in [4.78, 5) is 16.4. The van der Waals surface area contributed by atoms with Crippen molar-refractivity contribution in [2.45, 2.75) is 45.8 Å². The van der Waals surface area contributed by atoms with Gasteiger partial charge in [0.25, 0.3) is 0 Å². The lowest BCUT2D eigenvalue weighted by atomic mass is 10.1. The van der Waals surface area contributed by atoms with Crippen LogP contribution in [0, 0.1) is 0 Å². The van der Waals surface area contributed by atoms with Gasteiger partial charge in [-0.2, -0.15) is 0 Å². The summed E-state index contributed by atoms with van der Waals surface area (Å²) in [6.45, 7) is 11.0. The number of hydrogen-bond donors (Lipinski definition) is 0. The van der Waals surface area contributed by atoms with Crippen LogP contribution in [-0.4, -0.2) is 53.7 Å². The fourth-order valence-electron chi connectivity index (χ4n) is 2.82. The maximum atomic E-state index is 12.2. The van der Waals surface area contributed by atoms with Crippen molar-refractivity contribution in [2.75, 3.05) is 26.2 Å². The first-order valence-corrected chi connectivity index (χ1v) is 9.49. The highest BCUT2D eigenvalue weighted by Crippen LogP contribution is 2.22. The second kappa shape index (κ2) is 8.07. The standard InChI is InChI=1S/C18H26BrClN2O2/c1-13-12-22(17(23)24-18(2,3)4)10-9-21(13)8-7-14-11-15(19)5-6-16(14)20/h5-6,11,13H,7-10,12H2,1-4H3/t13-/m1/s1. The minimum Gasteiger partial charge on any atom is -0.444 e. The van der Waals surface area contributed by atoms with Gasteiger partial charge in [-0.1, -0.05) is 27.5 Å². The number of benzene rings is 1. The zero-order valence-corrected chi connectivity index (χ0v) is 17.2. The van der Waals surface area contributed by atoms with E-state index in [9.17, 15) is 4.79 Å². The Morgan fingerprint density at radius 1 is 1.38 bits per heavy atom. The van der Waals surface area contributed by atoms with Crippen molar-refractivity contribution in [1.82, 2.24) is 9.80 Å². The molecule has 24 heavy (non-hydrogen) atoms. The molecule has 0 radical (unpaired) electrons. The maximum absolute atomic E-state index is 12.2. The van der Waals surface area contributed by atoms with E-state index in [1.165, 1.54) is 0 Å². The third-order valence-corrected chi connectivity index (χ3v) is 4.95. The number of amides is 1. The van der Waals surface area contributed by atoms with Crippen LogP contribution < -0.4 is 0 Å². The Bertz CT molecular complexity index is 589. The number of halogens is 2. The Morgan fingerprint density at radius 3 is 2.71 bits per heavy atom. The number of piperazine rings is 1. The van der Waals surface area contributed by atoms with Crippen LogP contribution in [0.3, 0.4) is 0 Å². The Morgan fingerprint density at radius 2 is 2.08 bits per heavy atom. The Kier molecular flexibility index (Phi) is 6.57. The normalized spacial score (nSPS) is 19.4. The van der Waals surface area contributed by atoms with Gasteiger partial charge in [0.15, 0.2) is 0 Å². The molecule has 1 heterocycles. The predicted octanol–water partition coefficient (Wildman–Crippen LogP) is 4.59. The van der Waals surface area contributed by atoms with Crippen molar-refractivity contribution in [3.63, 3.8) is 0 Å². The van der Waals surface area contributed by atoms with E-state index in [-0.39, 0.29) is 6.09 Å². The second-order valence-electron chi connectivity index (χ2n) is 7.30. The molecule has 1 atom stereocenters. The lowest BCUT2D eigenvalue weighted by Crippen LogP contribution is -2.54. The molecule has 0 saturated carbocycles. The van der Waals surface area contributed by atoms with Gasteiger partial charge in [0.1, 0.15) is 5.60 Å². The highest BCUT2D eigenvalue weighted by atomic mass is 79.9. The molecular weight excluding hydrogens is 392 g/mol. The van der Waals surface area contributed by atoms with Crippen LogP contribution in [0.2, 0.25) is 5.02 Å².